The maximum absolute atomic E-state index is 14.4. The van der Waals surface area contributed by atoms with E-state index in [4.69, 9.17) is 18.9 Å². The fourth-order valence-electron chi connectivity index (χ4n) is 3.92. The average Bonchev–Trinajstić information content (AvgIpc) is 3.16. The molecule has 0 amide bonds. The van der Waals surface area contributed by atoms with E-state index in [2.05, 4.69) is 4.90 Å². The number of ether oxygens (including phenoxy) is 4. The summed E-state index contributed by atoms with van der Waals surface area (Å²) in [7, 11) is 4.99. The van der Waals surface area contributed by atoms with Crippen LogP contribution >= 0.6 is 0 Å². The molecule has 0 N–H and O–H groups in total. The molecule has 0 saturated carbocycles. The Bertz CT molecular complexity index is 929. The summed E-state index contributed by atoms with van der Waals surface area (Å²) in [5, 5.41) is 0. The van der Waals surface area contributed by atoms with Crippen LogP contribution in [0.4, 0.5) is 4.39 Å². The van der Waals surface area contributed by atoms with Crippen LogP contribution < -0.4 is 18.9 Å². The molecule has 0 fully saturated rings. The second-order valence-electron chi connectivity index (χ2n) is 6.94. The van der Waals surface area contributed by atoms with Crippen molar-refractivity contribution in [3.05, 3.63) is 46.8 Å². The van der Waals surface area contributed by atoms with Crippen LogP contribution in [-0.4, -0.2) is 45.3 Å². The van der Waals surface area contributed by atoms with Crippen molar-refractivity contribution in [3.8, 4) is 23.0 Å². The first-order valence-electron chi connectivity index (χ1n) is 9.09. The van der Waals surface area contributed by atoms with E-state index in [-0.39, 0.29) is 30.6 Å². The van der Waals surface area contributed by atoms with Crippen LogP contribution in [0.3, 0.4) is 0 Å². The molecule has 0 aliphatic carbocycles. The number of carbonyl (C=O) groups is 1. The Labute approximate surface area is 162 Å². The van der Waals surface area contributed by atoms with Crippen molar-refractivity contribution in [3.63, 3.8) is 0 Å². The number of methoxy groups -OCH3 is 2. The lowest BCUT2D eigenvalue weighted by Gasteiger charge is -2.35. The first kappa shape index (κ1) is 18.6. The molecule has 7 heteroatoms. The molecule has 28 heavy (non-hydrogen) atoms. The summed E-state index contributed by atoms with van der Waals surface area (Å²) in [5.41, 5.74) is 2.02. The van der Waals surface area contributed by atoms with Gasteiger partial charge in [0.15, 0.2) is 17.3 Å². The highest BCUT2D eigenvalue weighted by molar-refractivity contribution is 5.97. The summed E-state index contributed by atoms with van der Waals surface area (Å²) in [6.07, 6.45) is 0.934. The van der Waals surface area contributed by atoms with Crippen LogP contribution in [-0.2, 0) is 6.42 Å². The van der Waals surface area contributed by atoms with E-state index in [0.29, 0.717) is 23.0 Å². The van der Waals surface area contributed by atoms with Gasteiger partial charge in [0.2, 0.25) is 12.5 Å². The topological polar surface area (TPSA) is 57.2 Å². The summed E-state index contributed by atoms with van der Waals surface area (Å²) in [4.78, 5) is 15.0. The monoisotopic (exact) mass is 387 g/mol. The van der Waals surface area contributed by atoms with Crippen LogP contribution in [0.2, 0.25) is 0 Å². The number of benzene rings is 2. The molecule has 2 aliphatic heterocycles. The molecule has 0 aromatic heterocycles. The number of hydrogen-bond donors (Lipinski definition) is 0. The van der Waals surface area contributed by atoms with E-state index in [9.17, 15) is 9.18 Å². The minimum atomic E-state index is -0.583. The van der Waals surface area contributed by atoms with E-state index < -0.39 is 5.82 Å². The molecule has 0 radical (unpaired) electrons. The maximum atomic E-state index is 14.4. The molecule has 2 aromatic rings. The van der Waals surface area contributed by atoms with Gasteiger partial charge >= 0.3 is 0 Å². The SMILES string of the molecule is COc1ccc(C(=O)CC2c3c(cc4c(c3OC)OCO4)CCN2C)c(F)c1. The van der Waals surface area contributed by atoms with Crippen molar-refractivity contribution >= 4 is 5.78 Å². The lowest BCUT2D eigenvalue weighted by Crippen LogP contribution is -2.34. The number of rotatable bonds is 5. The summed E-state index contributed by atoms with van der Waals surface area (Å²) >= 11 is 0. The Morgan fingerprint density at radius 3 is 2.79 bits per heavy atom. The van der Waals surface area contributed by atoms with Gasteiger partial charge in [-0.1, -0.05) is 0 Å². The molecule has 2 heterocycles. The minimum Gasteiger partial charge on any atom is -0.497 e. The summed E-state index contributed by atoms with van der Waals surface area (Å²) < 4.78 is 36.1. The molecule has 2 aliphatic rings. The van der Waals surface area contributed by atoms with Gasteiger partial charge in [-0.2, -0.15) is 0 Å². The Balaban J connectivity index is 1.70. The second kappa shape index (κ2) is 7.31. The Hall–Kier alpha value is -2.80. The molecular formula is C21H22FNO5. The first-order chi connectivity index (χ1) is 13.5. The summed E-state index contributed by atoms with van der Waals surface area (Å²) in [6, 6.07) is 6.00. The molecular weight excluding hydrogens is 365 g/mol. The Kier molecular flexibility index (Phi) is 4.85. The number of carbonyl (C=O) groups excluding carboxylic acids is 1. The van der Waals surface area contributed by atoms with Crippen molar-refractivity contribution in [2.45, 2.75) is 18.9 Å². The average molecular weight is 387 g/mol. The van der Waals surface area contributed by atoms with Crippen molar-refractivity contribution in [2.75, 3.05) is 34.6 Å². The van der Waals surface area contributed by atoms with Gasteiger partial charge in [0.05, 0.1) is 19.8 Å². The minimum absolute atomic E-state index is 0.0565. The molecule has 1 atom stereocenters. The number of nitrogens with zero attached hydrogens (tertiary/aromatic N) is 1. The maximum Gasteiger partial charge on any atom is 0.231 e. The Morgan fingerprint density at radius 1 is 1.25 bits per heavy atom. The van der Waals surface area contributed by atoms with E-state index in [1.165, 1.54) is 19.2 Å². The fraction of sp³-hybridized carbons (Fsp3) is 0.381. The number of fused-ring (bicyclic) bond motifs is 2. The smallest absolute Gasteiger partial charge is 0.231 e. The summed E-state index contributed by atoms with van der Waals surface area (Å²) in [6.45, 7) is 0.921. The van der Waals surface area contributed by atoms with Crippen molar-refractivity contribution in [1.82, 2.24) is 4.90 Å². The molecule has 1 unspecified atom stereocenters. The van der Waals surface area contributed by atoms with E-state index >= 15 is 0 Å². The van der Waals surface area contributed by atoms with Crippen LogP contribution in [0.5, 0.6) is 23.0 Å². The number of ketones is 1. The number of Topliss-reactive ketones (excluding diaryl/α,β-unsaturated/α-hetero) is 1. The van der Waals surface area contributed by atoms with Gasteiger partial charge in [-0.3, -0.25) is 9.69 Å². The molecule has 6 nitrogen and oxygen atoms in total. The van der Waals surface area contributed by atoms with Gasteiger partial charge in [0.25, 0.3) is 0 Å². The third-order valence-electron chi connectivity index (χ3n) is 5.40. The largest absolute Gasteiger partial charge is 0.497 e. The predicted molar refractivity (Wildman–Crippen MR) is 100 cm³/mol. The van der Waals surface area contributed by atoms with Gasteiger partial charge in [0, 0.05) is 30.6 Å². The lowest BCUT2D eigenvalue weighted by molar-refractivity contribution is 0.0921. The van der Waals surface area contributed by atoms with Crippen LogP contribution in [0, 0.1) is 5.82 Å². The van der Waals surface area contributed by atoms with E-state index in [1.54, 1.807) is 13.2 Å². The molecule has 0 saturated heterocycles. The normalized spacial score (nSPS) is 17.9. The van der Waals surface area contributed by atoms with E-state index in [0.717, 1.165) is 24.1 Å². The zero-order valence-corrected chi connectivity index (χ0v) is 16.1. The number of hydrogen-bond acceptors (Lipinski definition) is 6. The quantitative estimate of drug-likeness (QED) is 0.734. The van der Waals surface area contributed by atoms with Crippen LogP contribution in [0.25, 0.3) is 0 Å². The third kappa shape index (κ3) is 3.05. The zero-order chi connectivity index (χ0) is 19.8. The van der Waals surface area contributed by atoms with E-state index in [1.807, 2.05) is 13.1 Å². The van der Waals surface area contributed by atoms with Crippen molar-refractivity contribution < 1.29 is 28.1 Å². The van der Waals surface area contributed by atoms with Crippen LogP contribution in [0.1, 0.15) is 33.9 Å². The highest BCUT2D eigenvalue weighted by Gasteiger charge is 2.35. The standard InChI is InChI=1S/C21H22FNO5/c1-23-7-6-12-8-18-20(28-11-27-18)21(26-3)19(12)16(23)10-17(24)14-5-4-13(25-2)9-15(14)22/h4-5,8-9,16H,6-7,10-11H2,1-3H3. The van der Waals surface area contributed by atoms with Gasteiger partial charge in [-0.25, -0.2) is 4.39 Å². The molecule has 0 spiro atoms. The molecule has 4 rings (SSSR count). The zero-order valence-electron chi connectivity index (χ0n) is 16.1. The first-order valence-corrected chi connectivity index (χ1v) is 9.09. The third-order valence-corrected chi connectivity index (χ3v) is 5.40. The fourth-order valence-corrected chi connectivity index (χ4v) is 3.92. The second-order valence-corrected chi connectivity index (χ2v) is 6.94. The highest BCUT2D eigenvalue weighted by atomic mass is 19.1. The summed E-state index contributed by atoms with van der Waals surface area (Å²) in [5.74, 6) is 1.33. The highest BCUT2D eigenvalue weighted by Crippen LogP contribution is 2.50. The van der Waals surface area contributed by atoms with Gasteiger partial charge in [-0.05, 0) is 37.2 Å². The van der Waals surface area contributed by atoms with Crippen molar-refractivity contribution in [1.29, 1.82) is 0 Å². The lowest BCUT2D eigenvalue weighted by atomic mass is 9.87. The van der Waals surface area contributed by atoms with Crippen LogP contribution in [0.15, 0.2) is 24.3 Å². The Morgan fingerprint density at radius 2 is 2.07 bits per heavy atom. The van der Waals surface area contributed by atoms with Gasteiger partial charge < -0.3 is 18.9 Å². The number of halogens is 1. The predicted octanol–water partition coefficient (Wildman–Crippen LogP) is 3.37. The van der Waals surface area contributed by atoms with Gasteiger partial charge in [0.1, 0.15) is 11.6 Å². The van der Waals surface area contributed by atoms with Gasteiger partial charge in [-0.15, -0.1) is 0 Å². The molecule has 0 bridgehead atoms. The number of likely N-dealkylation sites (N-methyl/N-ethyl adjacent to an activating group) is 1. The molecule has 148 valence electrons. The molecule has 2 aromatic carbocycles. The van der Waals surface area contributed by atoms with Crippen molar-refractivity contribution in [2.24, 2.45) is 0 Å².